The Balaban J connectivity index is 2.52. The largest absolute Gasteiger partial charge is 0.297 e. The molecule has 0 spiro atoms. The summed E-state index contributed by atoms with van der Waals surface area (Å²) < 4.78 is 0. The fourth-order valence-electron chi connectivity index (χ4n) is 1.42. The molecule has 0 saturated heterocycles. The van der Waals surface area contributed by atoms with E-state index < -0.39 is 0 Å². The molecule has 0 aliphatic carbocycles. The zero-order valence-electron chi connectivity index (χ0n) is 10.5. The minimum absolute atomic E-state index is 0.390. The molecule has 0 fully saturated rings. The Labute approximate surface area is 108 Å². The second-order valence-corrected chi connectivity index (χ2v) is 5.81. The standard InChI is InChI=1S/C12H21ClN2S/c1-9(2)5-6-15(4)10(3)12-14-11(7-13)8-16-12/h8-10H,5-7H2,1-4H3. The van der Waals surface area contributed by atoms with Crippen LogP contribution in [0.25, 0.3) is 0 Å². The Morgan fingerprint density at radius 2 is 2.12 bits per heavy atom. The van der Waals surface area contributed by atoms with Crippen LogP contribution in [0.1, 0.15) is 43.9 Å². The molecule has 1 heterocycles. The van der Waals surface area contributed by atoms with Gasteiger partial charge in [0.2, 0.25) is 0 Å². The number of halogens is 1. The summed E-state index contributed by atoms with van der Waals surface area (Å²) >= 11 is 7.47. The van der Waals surface area contributed by atoms with E-state index in [1.807, 2.05) is 0 Å². The van der Waals surface area contributed by atoms with Gasteiger partial charge in [-0.25, -0.2) is 4.98 Å². The van der Waals surface area contributed by atoms with Crippen LogP contribution in [-0.4, -0.2) is 23.5 Å². The first-order valence-electron chi connectivity index (χ1n) is 5.75. The molecule has 1 aromatic rings. The second-order valence-electron chi connectivity index (χ2n) is 4.65. The molecule has 0 N–H and O–H groups in total. The summed E-state index contributed by atoms with van der Waals surface area (Å²) in [5.74, 6) is 1.27. The Morgan fingerprint density at radius 1 is 1.44 bits per heavy atom. The van der Waals surface area contributed by atoms with Gasteiger partial charge in [0.05, 0.1) is 17.6 Å². The molecule has 0 aromatic carbocycles. The molecule has 0 amide bonds. The number of nitrogens with zero attached hydrogens (tertiary/aromatic N) is 2. The minimum atomic E-state index is 0.390. The van der Waals surface area contributed by atoms with Crippen LogP contribution in [0.15, 0.2) is 5.38 Å². The molecule has 0 bridgehead atoms. The number of hydrogen-bond donors (Lipinski definition) is 0. The third-order valence-corrected chi connectivity index (χ3v) is 4.12. The van der Waals surface area contributed by atoms with Crippen LogP contribution in [-0.2, 0) is 5.88 Å². The summed E-state index contributed by atoms with van der Waals surface area (Å²) in [5.41, 5.74) is 0.991. The molecule has 1 aromatic heterocycles. The summed E-state index contributed by atoms with van der Waals surface area (Å²) in [6.07, 6.45) is 1.23. The van der Waals surface area contributed by atoms with Gasteiger partial charge in [-0.1, -0.05) is 13.8 Å². The van der Waals surface area contributed by atoms with Gasteiger partial charge in [-0.15, -0.1) is 22.9 Å². The van der Waals surface area contributed by atoms with Gasteiger partial charge in [0.15, 0.2) is 0 Å². The van der Waals surface area contributed by atoms with Crippen LogP contribution in [0.4, 0.5) is 0 Å². The van der Waals surface area contributed by atoms with E-state index in [4.69, 9.17) is 11.6 Å². The average molecular weight is 261 g/mol. The molecule has 92 valence electrons. The van der Waals surface area contributed by atoms with Gasteiger partial charge in [0, 0.05) is 5.38 Å². The summed E-state index contributed by atoms with van der Waals surface area (Å²) in [7, 11) is 2.16. The molecule has 1 unspecified atom stereocenters. The van der Waals surface area contributed by atoms with E-state index in [9.17, 15) is 0 Å². The van der Waals surface area contributed by atoms with Crippen LogP contribution in [0.2, 0.25) is 0 Å². The molecule has 0 saturated carbocycles. The lowest BCUT2D eigenvalue weighted by molar-refractivity contribution is 0.246. The smallest absolute Gasteiger partial charge is 0.110 e. The summed E-state index contributed by atoms with van der Waals surface area (Å²) in [6, 6.07) is 0.390. The van der Waals surface area contributed by atoms with Crippen molar-refractivity contribution in [1.29, 1.82) is 0 Å². The molecule has 16 heavy (non-hydrogen) atoms. The van der Waals surface area contributed by atoms with E-state index in [1.165, 1.54) is 11.4 Å². The molecular formula is C12H21ClN2S. The van der Waals surface area contributed by atoms with Crippen LogP contribution in [0, 0.1) is 5.92 Å². The van der Waals surface area contributed by atoms with Crippen molar-refractivity contribution in [2.75, 3.05) is 13.6 Å². The highest BCUT2D eigenvalue weighted by Crippen LogP contribution is 2.23. The van der Waals surface area contributed by atoms with Crippen LogP contribution >= 0.6 is 22.9 Å². The fraction of sp³-hybridized carbons (Fsp3) is 0.750. The van der Waals surface area contributed by atoms with E-state index >= 15 is 0 Å². The number of hydrogen-bond acceptors (Lipinski definition) is 3. The fourth-order valence-corrected chi connectivity index (χ4v) is 2.59. The topological polar surface area (TPSA) is 16.1 Å². The Bertz CT molecular complexity index is 312. The van der Waals surface area contributed by atoms with Gasteiger partial charge >= 0.3 is 0 Å². The summed E-state index contributed by atoms with van der Waals surface area (Å²) in [6.45, 7) is 7.84. The van der Waals surface area contributed by atoms with E-state index in [1.54, 1.807) is 11.3 Å². The molecular weight excluding hydrogens is 240 g/mol. The van der Waals surface area contributed by atoms with E-state index in [2.05, 4.69) is 43.1 Å². The molecule has 1 rings (SSSR count). The van der Waals surface area contributed by atoms with Gasteiger partial charge in [0.1, 0.15) is 5.01 Å². The first-order valence-corrected chi connectivity index (χ1v) is 7.16. The predicted molar refractivity (Wildman–Crippen MR) is 72.2 cm³/mol. The van der Waals surface area contributed by atoms with Crippen LogP contribution < -0.4 is 0 Å². The zero-order valence-corrected chi connectivity index (χ0v) is 12.1. The van der Waals surface area contributed by atoms with Crippen molar-refractivity contribution in [3.05, 3.63) is 16.1 Å². The summed E-state index contributed by atoms with van der Waals surface area (Å²) in [4.78, 5) is 6.88. The average Bonchev–Trinajstić information content (AvgIpc) is 2.73. The third kappa shape index (κ3) is 4.04. The lowest BCUT2D eigenvalue weighted by Crippen LogP contribution is -2.24. The Hall–Kier alpha value is -0.120. The normalized spacial score (nSPS) is 13.7. The highest BCUT2D eigenvalue weighted by molar-refractivity contribution is 7.09. The SMILES string of the molecule is CC(C)CCN(C)C(C)c1nc(CCl)cs1. The van der Waals surface area contributed by atoms with Crippen molar-refractivity contribution in [1.82, 2.24) is 9.88 Å². The van der Waals surface area contributed by atoms with Crippen molar-refractivity contribution in [3.63, 3.8) is 0 Å². The number of rotatable bonds is 6. The van der Waals surface area contributed by atoms with E-state index in [-0.39, 0.29) is 0 Å². The van der Waals surface area contributed by atoms with Crippen molar-refractivity contribution in [3.8, 4) is 0 Å². The van der Waals surface area contributed by atoms with Crippen molar-refractivity contribution >= 4 is 22.9 Å². The maximum absolute atomic E-state index is 5.76. The lowest BCUT2D eigenvalue weighted by Gasteiger charge is -2.23. The van der Waals surface area contributed by atoms with Crippen molar-refractivity contribution in [2.45, 2.75) is 39.1 Å². The van der Waals surface area contributed by atoms with E-state index in [0.717, 1.165) is 18.2 Å². The maximum Gasteiger partial charge on any atom is 0.110 e. The van der Waals surface area contributed by atoms with Crippen molar-refractivity contribution < 1.29 is 0 Å². The monoisotopic (exact) mass is 260 g/mol. The molecule has 1 atom stereocenters. The first kappa shape index (κ1) is 13.9. The summed E-state index contributed by atoms with van der Waals surface area (Å²) in [5, 5.41) is 3.22. The van der Waals surface area contributed by atoms with Gasteiger partial charge in [-0.2, -0.15) is 0 Å². The molecule has 4 heteroatoms. The molecule has 0 radical (unpaired) electrons. The third-order valence-electron chi connectivity index (χ3n) is 2.78. The Morgan fingerprint density at radius 3 is 2.62 bits per heavy atom. The Kier molecular flexibility index (Phi) is 5.73. The number of aromatic nitrogens is 1. The van der Waals surface area contributed by atoms with E-state index in [0.29, 0.717) is 11.9 Å². The first-order chi connectivity index (χ1) is 7.54. The highest BCUT2D eigenvalue weighted by Gasteiger charge is 2.15. The van der Waals surface area contributed by atoms with Crippen LogP contribution in [0.5, 0.6) is 0 Å². The molecule has 2 nitrogen and oxygen atoms in total. The molecule has 0 aliphatic heterocycles. The van der Waals surface area contributed by atoms with Gasteiger partial charge < -0.3 is 0 Å². The predicted octanol–water partition coefficient (Wildman–Crippen LogP) is 3.92. The quantitative estimate of drug-likeness (QED) is 0.721. The minimum Gasteiger partial charge on any atom is -0.297 e. The number of thiazole rings is 1. The number of alkyl halides is 1. The lowest BCUT2D eigenvalue weighted by atomic mass is 10.1. The zero-order chi connectivity index (χ0) is 12.1. The second kappa shape index (κ2) is 6.58. The van der Waals surface area contributed by atoms with Gasteiger partial charge in [-0.3, -0.25) is 4.90 Å². The van der Waals surface area contributed by atoms with Gasteiger partial charge in [0.25, 0.3) is 0 Å². The highest BCUT2D eigenvalue weighted by atomic mass is 35.5. The molecule has 0 aliphatic rings. The van der Waals surface area contributed by atoms with Crippen LogP contribution in [0.3, 0.4) is 0 Å². The van der Waals surface area contributed by atoms with Crippen molar-refractivity contribution in [2.24, 2.45) is 5.92 Å². The maximum atomic E-state index is 5.76. The van der Waals surface area contributed by atoms with Gasteiger partial charge in [-0.05, 0) is 32.9 Å².